The van der Waals surface area contributed by atoms with E-state index in [1.165, 1.54) is 4.68 Å². The number of H-pyrrole nitrogens is 1. The van der Waals surface area contributed by atoms with E-state index in [9.17, 15) is 4.79 Å². The van der Waals surface area contributed by atoms with Crippen molar-refractivity contribution in [1.82, 2.24) is 15.2 Å². The lowest BCUT2D eigenvalue weighted by molar-refractivity contribution is 0.835. The van der Waals surface area contributed by atoms with Crippen LogP contribution < -0.4 is 16.7 Å². The molecule has 6 nitrogen and oxygen atoms in total. The number of hydrogen-bond acceptors (Lipinski definition) is 3. The average Bonchev–Trinajstić information content (AvgIpc) is 2.92. The molecule has 0 radical (unpaired) electrons. The highest BCUT2D eigenvalue weighted by molar-refractivity contribution is 7.80. The van der Waals surface area contributed by atoms with Crippen molar-refractivity contribution in [3.8, 4) is 5.69 Å². The van der Waals surface area contributed by atoms with Crippen molar-refractivity contribution < 1.29 is 0 Å². The Hall–Kier alpha value is -3.19. The summed E-state index contributed by atoms with van der Waals surface area (Å²) in [5, 5.41) is 7.39. The second kappa shape index (κ2) is 7.14. The molecule has 0 unspecified atom stereocenters. The molecular formula is C18H17N5OS. The van der Waals surface area contributed by atoms with Gasteiger partial charge < -0.3 is 5.73 Å². The molecule has 0 aliphatic rings. The molecule has 0 aliphatic heterocycles. The zero-order valence-corrected chi connectivity index (χ0v) is 14.4. The summed E-state index contributed by atoms with van der Waals surface area (Å²) in [5.74, 6) is 0. The predicted molar refractivity (Wildman–Crippen MR) is 103 cm³/mol. The van der Waals surface area contributed by atoms with E-state index in [2.05, 4.69) is 15.6 Å². The molecule has 0 spiro atoms. The maximum absolute atomic E-state index is 13.0. The number of aromatic amines is 1. The lowest BCUT2D eigenvalue weighted by atomic mass is 10.0. The van der Waals surface area contributed by atoms with Crippen LogP contribution in [0.2, 0.25) is 0 Å². The molecule has 0 fully saturated rings. The number of aryl methyl sites for hydroxylation is 1. The predicted octanol–water partition coefficient (Wildman–Crippen LogP) is 2.06. The average molecular weight is 351 g/mol. The van der Waals surface area contributed by atoms with E-state index in [0.29, 0.717) is 17.0 Å². The summed E-state index contributed by atoms with van der Waals surface area (Å²) >= 11 is 4.83. The number of rotatable bonds is 4. The van der Waals surface area contributed by atoms with Crippen molar-refractivity contribution in [1.29, 1.82) is 0 Å². The summed E-state index contributed by atoms with van der Waals surface area (Å²) in [5.41, 5.74) is 11.0. The minimum absolute atomic E-state index is 0.0324. The quantitative estimate of drug-likeness (QED) is 0.381. The van der Waals surface area contributed by atoms with Crippen LogP contribution in [-0.4, -0.2) is 20.6 Å². The van der Waals surface area contributed by atoms with Crippen molar-refractivity contribution in [2.75, 3.05) is 0 Å². The van der Waals surface area contributed by atoms with Crippen molar-refractivity contribution >= 4 is 23.0 Å². The standard InChI is InChI=1S/C18H17N5OS/c1-12-15(17(24)23(22-12)14-10-6-3-7-11-14)16(20-21-18(19)25)13-8-4-2-5-9-13/h2-11,22H,1H3,(H3,19,21,25)/b20-16+. The highest BCUT2D eigenvalue weighted by Crippen LogP contribution is 2.13. The normalized spacial score (nSPS) is 11.3. The van der Waals surface area contributed by atoms with Crippen LogP contribution in [0.3, 0.4) is 0 Å². The molecule has 0 amide bonds. The van der Waals surface area contributed by atoms with Crippen molar-refractivity contribution in [3.05, 3.63) is 87.8 Å². The van der Waals surface area contributed by atoms with Crippen LogP contribution in [0.1, 0.15) is 16.8 Å². The van der Waals surface area contributed by atoms with E-state index < -0.39 is 0 Å². The number of aromatic nitrogens is 2. The Balaban J connectivity index is 2.18. The Morgan fingerprint density at radius 1 is 1.12 bits per heavy atom. The minimum Gasteiger partial charge on any atom is -0.375 e. The fraction of sp³-hybridized carbons (Fsp3) is 0.0556. The van der Waals surface area contributed by atoms with Gasteiger partial charge in [0.2, 0.25) is 0 Å². The van der Waals surface area contributed by atoms with Crippen LogP contribution in [0, 0.1) is 6.92 Å². The van der Waals surface area contributed by atoms with E-state index in [0.717, 1.165) is 11.3 Å². The summed E-state index contributed by atoms with van der Waals surface area (Å²) in [6, 6.07) is 18.8. The molecule has 0 bridgehead atoms. The lowest BCUT2D eigenvalue weighted by Gasteiger charge is -2.06. The molecule has 0 aliphatic carbocycles. The minimum atomic E-state index is -0.198. The molecule has 3 rings (SSSR count). The second-order valence-electron chi connectivity index (χ2n) is 5.39. The maximum atomic E-state index is 13.0. The molecule has 25 heavy (non-hydrogen) atoms. The Bertz CT molecular complexity index is 974. The van der Waals surface area contributed by atoms with Gasteiger partial charge in [0.15, 0.2) is 5.11 Å². The first-order chi connectivity index (χ1) is 12.1. The van der Waals surface area contributed by atoms with Gasteiger partial charge in [0.25, 0.3) is 5.56 Å². The second-order valence-corrected chi connectivity index (χ2v) is 5.83. The molecule has 0 saturated carbocycles. The van der Waals surface area contributed by atoms with Gasteiger partial charge in [-0.05, 0) is 31.3 Å². The molecule has 2 aromatic carbocycles. The first-order valence-electron chi connectivity index (χ1n) is 7.64. The molecule has 1 aromatic heterocycles. The summed E-state index contributed by atoms with van der Waals surface area (Å²) in [4.78, 5) is 13.0. The first kappa shape index (κ1) is 16.7. The van der Waals surface area contributed by atoms with Gasteiger partial charge in [-0.3, -0.25) is 15.3 Å². The Labute approximate surface area is 150 Å². The zero-order chi connectivity index (χ0) is 17.8. The monoisotopic (exact) mass is 351 g/mol. The number of nitrogens with one attached hydrogen (secondary N) is 2. The summed E-state index contributed by atoms with van der Waals surface area (Å²) in [7, 11) is 0. The number of hydrazone groups is 1. The third-order valence-electron chi connectivity index (χ3n) is 3.65. The summed E-state index contributed by atoms with van der Waals surface area (Å²) < 4.78 is 1.49. The summed E-state index contributed by atoms with van der Waals surface area (Å²) in [6.45, 7) is 1.83. The molecule has 4 N–H and O–H groups in total. The molecule has 0 atom stereocenters. The number of para-hydroxylation sites is 1. The van der Waals surface area contributed by atoms with Gasteiger partial charge in [-0.15, -0.1) is 0 Å². The van der Waals surface area contributed by atoms with Gasteiger partial charge in [0.05, 0.1) is 11.3 Å². The topological polar surface area (TPSA) is 88.2 Å². The van der Waals surface area contributed by atoms with E-state index >= 15 is 0 Å². The fourth-order valence-corrected chi connectivity index (χ4v) is 2.60. The molecule has 3 aromatic rings. The van der Waals surface area contributed by atoms with Gasteiger partial charge in [-0.2, -0.15) is 5.10 Å². The van der Waals surface area contributed by atoms with Gasteiger partial charge in [-0.25, -0.2) is 4.68 Å². The number of thiocarbonyl (C=S) groups is 1. The largest absolute Gasteiger partial charge is 0.375 e. The molecule has 7 heteroatoms. The smallest absolute Gasteiger partial charge is 0.281 e. The van der Waals surface area contributed by atoms with Gasteiger partial charge in [0, 0.05) is 11.3 Å². The van der Waals surface area contributed by atoms with Crippen molar-refractivity contribution in [2.45, 2.75) is 6.92 Å². The van der Waals surface area contributed by atoms with Crippen LogP contribution in [0.4, 0.5) is 0 Å². The Kier molecular flexibility index (Phi) is 4.76. The summed E-state index contributed by atoms with van der Waals surface area (Å²) in [6.07, 6.45) is 0. The van der Waals surface area contributed by atoms with Gasteiger partial charge in [-0.1, -0.05) is 48.5 Å². The van der Waals surface area contributed by atoms with Crippen LogP contribution in [0.15, 0.2) is 70.6 Å². The Morgan fingerprint density at radius 3 is 2.32 bits per heavy atom. The van der Waals surface area contributed by atoms with E-state index in [4.69, 9.17) is 18.0 Å². The van der Waals surface area contributed by atoms with Crippen molar-refractivity contribution in [3.63, 3.8) is 0 Å². The number of hydrogen-bond donors (Lipinski definition) is 3. The van der Waals surface area contributed by atoms with Gasteiger partial charge >= 0.3 is 0 Å². The van der Waals surface area contributed by atoms with Crippen LogP contribution in [-0.2, 0) is 0 Å². The molecule has 126 valence electrons. The third kappa shape index (κ3) is 3.51. The highest BCUT2D eigenvalue weighted by atomic mass is 32.1. The number of nitrogens with zero attached hydrogens (tertiary/aromatic N) is 2. The first-order valence-corrected chi connectivity index (χ1v) is 8.04. The van der Waals surface area contributed by atoms with Crippen LogP contribution in [0.5, 0.6) is 0 Å². The maximum Gasteiger partial charge on any atom is 0.281 e. The molecular weight excluding hydrogens is 334 g/mol. The number of nitrogens with two attached hydrogens (primary N) is 1. The van der Waals surface area contributed by atoms with Crippen molar-refractivity contribution in [2.24, 2.45) is 10.8 Å². The van der Waals surface area contributed by atoms with Gasteiger partial charge in [0.1, 0.15) is 5.71 Å². The van der Waals surface area contributed by atoms with E-state index in [1.54, 1.807) is 0 Å². The molecule has 0 saturated heterocycles. The van der Waals surface area contributed by atoms with E-state index in [-0.39, 0.29) is 10.7 Å². The van der Waals surface area contributed by atoms with Crippen LogP contribution in [0.25, 0.3) is 5.69 Å². The Morgan fingerprint density at radius 2 is 1.72 bits per heavy atom. The third-order valence-corrected chi connectivity index (χ3v) is 3.74. The lowest BCUT2D eigenvalue weighted by Crippen LogP contribution is -2.28. The fourth-order valence-electron chi connectivity index (χ4n) is 2.56. The number of benzene rings is 2. The zero-order valence-electron chi connectivity index (χ0n) is 13.6. The highest BCUT2D eigenvalue weighted by Gasteiger charge is 2.19. The van der Waals surface area contributed by atoms with Crippen LogP contribution >= 0.6 is 12.2 Å². The SMILES string of the molecule is Cc1[nH]n(-c2ccccc2)c(=O)c1/C(=N/NC(N)=S)c1ccccc1. The van der Waals surface area contributed by atoms with E-state index in [1.807, 2.05) is 67.6 Å². The molecule has 1 heterocycles.